The van der Waals surface area contributed by atoms with Crippen LogP contribution in [0.15, 0.2) is 35.0 Å². The zero-order chi connectivity index (χ0) is 15.8. The number of carbonyl (C=O) groups is 1. The highest BCUT2D eigenvalue weighted by atomic mass is 32.1. The molecule has 2 aromatic heterocycles. The largest absolute Gasteiger partial charge is 0.345 e. The third kappa shape index (κ3) is 2.56. The highest BCUT2D eigenvalue weighted by Gasteiger charge is 2.47. The van der Waals surface area contributed by atoms with Gasteiger partial charge in [-0.25, -0.2) is 0 Å². The maximum atomic E-state index is 13.4. The lowest BCUT2D eigenvalue weighted by atomic mass is 9.81. The Kier molecular flexibility index (Phi) is 4.06. The van der Waals surface area contributed by atoms with Crippen LogP contribution in [0, 0.1) is 0 Å². The molecule has 0 unspecified atom stereocenters. The van der Waals surface area contributed by atoms with Crippen molar-refractivity contribution >= 4 is 28.6 Å². The Hall–Kier alpha value is -1.13. The van der Waals surface area contributed by atoms with Gasteiger partial charge in [-0.3, -0.25) is 4.79 Å². The van der Waals surface area contributed by atoms with Crippen molar-refractivity contribution in [1.29, 1.82) is 0 Å². The number of amides is 1. The zero-order valence-electron chi connectivity index (χ0n) is 13.3. The van der Waals surface area contributed by atoms with E-state index in [4.69, 9.17) is 0 Å². The minimum Gasteiger partial charge on any atom is -0.345 e. The van der Waals surface area contributed by atoms with Crippen LogP contribution in [0.25, 0.3) is 0 Å². The SMILES string of the molecule is O=C(NC1(c2cccs2)CCCC1)C1(c2cccs2)CCCC1. The Bertz CT molecular complexity index is 648. The van der Waals surface area contributed by atoms with Gasteiger partial charge in [-0.15, -0.1) is 22.7 Å². The van der Waals surface area contributed by atoms with E-state index in [9.17, 15) is 4.79 Å². The number of hydrogen-bond acceptors (Lipinski definition) is 3. The lowest BCUT2D eigenvalue weighted by molar-refractivity contribution is -0.128. The van der Waals surface area contributed by atoms with E-state index in [2.05, 4.69) is 40.3 Å². The van der Waals surface area contributed by atoms with E-state index in [1.54, 1.807) is 22.7 Å². The van der Waals surface area contributed by atoms with Crippen molar-refractivity contribution < 1.29 is 4.79 Å². The Morgan fingerprint density at radius 3 is 2.00 bits per heavy atom. The van der Waals surface area contributed by atoms with Crippen LogP contribution >= 0.6 is 22.7 Å². The van der Waals surface area contributed by atoms with E-state index in [1.165, 1.54) is 22.6 Å². The van der Waals surface area contributed by atoms with Gasteiger partial charge in [0, 0.05) is 9.75 Å². The summed E-state index contributed by atoms with van der Waals surface area (Å²) in [6, 6.07) is 8.54. The van der Waals surface area contributed by atoms with Crippen molar-refractivity contribution in [3.63, 3.8) is 0 Å². The van der Waals surface area contributed by atoms with Crippen LogP contribution in [-0.4, -0.2) is 5.91 Å². The lowest BCUT2D eigenvalue weighted by Gasteiger charge is -2.35. The molecule has 2 saturated carbocycles. The second-order valence-electron chi connectivity index (χ2n) is 6.99. The standard InChI is InChI=1S/C19H23NOS2/c21-17(18(9-1-2-10-18)15-7-5-13-22-15)20-19(11-3-4-12-19)16-8-6-14-23-16/h5-8,13-14H,1-4,9-12H2,(H,20,21). The van der Waals surface area contributed by atoms with Crippen LogP contribution in [0.1, 0.15) is 61.1 Å². The van der Waals surface area contributed by atoms with Crippen molar-refractivity contribution in [2.45, 2.75) is 62.3 Å². The van der Waals surface area contributed by atoms with Gasteiger partial charge in [0.05, 0.1) is 11.0 Å². The van der Waals surface area contributed by atoms with Crippen molar-refractivity contribution in [3.05, 3.63) is 44.8 Å². The molecule has 0 spiro atoms. The van der Waals surface area contributed by atoms with E-state index in [0.29, 0.717) is 0 Å². The molecule has 2 fully saturated rings. The Morgan fingerprint density at radius 2 is 1.43 bits per heavy atom. The monoisotopic (exact) mass is 345 g/mol. The number of carbonyl (C=O) groups excluding carboxylic acids is 1. The molecule has 2 aliphatic rings. The molecular weight excluding hydrogens is 322 g/mol. The lowest BCUT2D eigenvalue weighted by Crippen LogP contribution is -2.51. The fourth-order valence-corrected chi connectivity index (χ4v) is 6.34. The van der Waals surface area contributed by atoms with E-state index in [1.807, 2.05) is 0 Å². The normalized spacial score (nSPS) is 22.3. The van der Waals surface area contributed by atoms with Crippen molar-refractivity contribution in [1.82, 2.24) is 5.32 Å². The second-order valence-corrected chi connectivity index (χ2v) is 8.88. The second kappa shape index (κ2) is 6.06. The highest BCUT2D eigenvalue weighted by molar-refractivity contribution is 7.10. The molecule has 2 aromatic rings. The van der Waals surface area contributed by atoms with Gasteiger partial charge < -0.3 is 5.32 Å². The first kappa shape index (κ1) is 15.4. The van der Waals surface area contributed by atoms with Crippen LogP contribution in [0.5, 0.6) is 0 Å². The predicted molar refractivity (Wildman–Crippen MR) is 97.1 cm³/mol. The van der Waals surface area contributed by atoms with Crippen LogP contribution < -0.4 is 5.32 Å². The summed E-state index contributed by atoms with van der Waals surface area (Å²) < 4.78 is 0. The fourth-order valence-electron chi connectivity index (χ4n) is 4.41. The number of hydrogen-bond donors (Lipinski definition) is 1. The maximum absolute atomic E-state index is 13.4. The molecule has 0 radical (unpaired) electrons. The smallest absolute Gasteiger partial charge is 0.232 e. The molecule has 1 amide bonds. The fraction of sp³-hybridized carbons (Fsp3) is 0.526. The Balaban J connectivity index is 1.65. The third-order valence-corrected chi connectivity index (χ3v) is 7.84. The molecular formula is C19H23NOS2. The molecule has 122 valence electrons. The van der Waals surface area contributed by atoms with Crippen LogP contribution in [0.4, 0.5) is 0 Å². The minimum absolute atomic E-state index is 0.113. The van der Waals surface area contributed by atoms with Gasteiger partial charge in [0.2, 0.25) is 5.91 Å². The predicted octanol–water partition coefficient (Wildman–Crippen LogP) is 5.21. The molecule has 0 aromatic carbocycles. The number of thiophene rings is 2. The number of rotatable bonds is 4. The zero-order valence-corrected chi connectivity index (χ0v) is 15.0. The van der Waals surface area contributed by atoms with Gasteiger partial charge in [0.25, 0.3) is 0 Å². The molecule has 2 aliphatic carbocycles. The third-order valence-electron chi connectivity index (χ3n) is 5.69. The average molecular weight is 346 g/mol. The van der Waals surface area contributed by atoms with Gasteiger partial charge in [0.15, 0.2) is 0 Å². The topological polar surface area (TPSA) is 29.1 Å². The molecule has 2 heterocycles. The first-order chi connectivity index (χ1) is 11.3. The van der Waals surface area contributed by atoms with E-state index in [-0.39, 0.29) is 16.9 Å². The first-order valence-electron chi connectivity index (χ1n) is 8.66. The van der Waals surface area contributed by atoms with Gasteiger partial charge in [0.1, 0.15) is 0 Å². The molecule has 0 aliphatic heterocycles. The van der Waals surface area contributed by atoms with E-state index >= 15 is 0 Å². The average Bonchev–Trinajstić information content (AvgIpc) is 3.33. The molecule has 1 N–H and O–H groups in total. The summed E-state index contributed by atoms with van der Waals surface area (Å²) in [4.78, 5) is 16.0. The number of nitrogens with one attached hydrogen (secondary N) is 1. The minimum atomic E-state index is -0.277. The molecule has 4 rings (SSSR count). The molecule has 0 atom stereocenters. The van der Waals surface area contributed by atoms with E-state index in [0.717, 1.165) is 38.5 Å². The summed E-state index contributed by atoms with van der Waals surface area (Å²) in [5.74, 6) is 0.271. The Morgan fingerprint density at radius 1 is 0.870 bits per heavy atom. The first-order valence-corrected chi connectivity index (χ1v) is 10.4. The molecule has 0 saturated heterocycles. The van der Waals surface area contributed by atoms with Gasteiger partial charge in [-0.1, -0.05) is 37.8 Å². The summed E-state index contributed by atoms with van der Waals surface area (Å²) in [6.07, 6.45) is 8.92. The van der Waals surface area contributed by atoms with E-state index < -0.39 is 0 Å². The van der Waals surface area contributed by atoms with Crippen LogP contribution in [0.2, 0.25) is 0 Å². The molecule has 4 heteroatoms. The summed E-state index contributed by atoms with van der Waals surface area (Å²) in [5, 5.41) is 7.78. The van der Waals surface area contributed by atoms with Crippen molar-refractivity contribution in [3.8, 4) is 0 Å². The van der Waals surface area contributed by atoms with Crippen LogP contribution in [0.3, 0.4) is 0 Å². The molecule has 0 bridgehead atoms. The quantitative estimate of drug-likeness (QED) is 0.810. The van der Waals surface area contributed by atoms with Gasteiger partial charge in [-0.2, -0.15) is 0 Å². The van der Waals surface area contributed by atoms with Gasteiger partial charge >= 0.3 is 0 Å². The summed E-state index contributed by atoms with van der Waals surface area (Å²) >= 11 is 3.53. The van der Waals surface area contributed by atoms with Crippen molar-refractivity contribution in [2.24, 2.45) is 0 Å². The summed E-state index contributed by atoms with van der Waals surface area (Å²) in [7, 11) is 0. The van der Waals surface area contributed by atoms with Gasteiger partial charge in [-0.05, 0) is 48.6 Å². The summed E-state index contributed by atoms with van der Waals surface area (Å²) in [6.45, 7) is 0. The Labute approximate surface area is 145 Å². The molecule has 2 nitrogen and oxygen atoms in total. The van der Waals surface area contributed by atoms with Crippen molar-refractivity contribution in [2.75, 3.05) is 0 Å². The van der Waals surface area contributed by atoms with Crippen LogP contribution in [-0.2, 0) is 15.7 Å². The maximum Gasteiger partial charge on any atom is 0.232 e. The highest BCUT2D eigenvalue weighted by Crippen LogP contribution is 2.46. The summed E-state index contributed by atoms with van der Waals surface area (Å²) in [5.41, 5.74) is -0.390. The molecule has 23 heavy (non-hydrogen) atoms.